The van der Waals surface area contributed by atoms with Gasteiger partial charge in [0.15, 0.2) is 0 Å². The topological polar surface area (TPSA) is 91.5 Å². The first-order valence-corrected chi connectivity index (χ1v) is 8.48. The zero-order chi connectivity index (χ0) is 18.7. The maximum absolute atomic E-state index is 7.95. The first kappa shape index (κ1) is 17.6. The van der Waals surface area contributed by atoms with Crippen molar-refractivity contribution in [2.45, 2.75) is 26.8 Å². The molecule has 0 fully saturated rings. The Kier molecular flexibility index (Phi) is 4.97. The van der Waals surface area contributed by atoms with Crippen LogP contribution in [0.15, 0.2) is 43.1 Å². The van der Waals surface area contributed by atoms with E-state index in [1.807, 2.05) is 36.0 Å². The Bertz CT molecular complexity index is 969. The predicted molar refractivity (Wildman–Crippen MR) is 106 cm³/mol. The van der Waals surface area contributed by atoms with Crippen LogP contribution in [0.5, 0.6) is 0 Å². The Balaban J connectivity index is 1.93. The number of hydrogen-bond donors (Lipinski definition) is 3. The predicted octanol–water partition coefficient (Wildman–Crippen LogP) is 3.75. The normalized spacial score (nSPS) is 11.8. The summed E-state index contributed by atoms with van der Waals surface area (Å²) in [6, 6.07) is 6.11. The minimum Gasteiger partial charge on any atom is -0.393 e. The molecule has 0 aliphatic heterocycles. The fourth-order valence-electron chi connectivity index (χ4n) is 2.59. The number of rotatable bonds is 6. The minimum absolute atomic E-state index is 0.358. The third-order valence-corrected chi connectivity index (χ3v) is 3.99. The Labute approximate surface area is 152 Å². The van der Waals surface area contributed by atoms with E-state index in [4.69, 9.17) is 5.41 Å². The Morgan fingerprint density at radius 3 is 2.65 bits per heavy atom. The molecule has 0 spiro atoms. The molecule has 3 aromatic rings. The van der Waals surface area contributed by atoms with Crippen LogP contribution in [0.4, 0.5) is 11.6 Å². The third kappa shape index (κ3) is 3.72. The van der Waals surface area contributed by atoms with E-state index in [-0.39, 0.29) is 0 Å². The van der Waals surface area contributed by atoms with Gasteiger partial charge in [0, 0.05) is 48.5 Å². The van der Waals surface area contributed by atoms with Gasteiger partial charge in [-0.25, -0.2) is 9.97 Å². The summed E-state index contributed by atoms with van der Waals surface area (Å²) in [4.78, 5) is 13.5. The third-order valence-electron chi connectivity index (χ3n) is 3.99. The van der Waals surface area contributed by atoms with Gasteiger partial charge in [0.1, 0.15) is 11.6 Å². The van der Waals surface area contributed by atoms with Gasteiger partial charge in [0.2, 0.25) is 0 Å². The van der Waals surface area contributed by atoms with Crippen molar-refractivity contribution >= 4 is 34.0 Å². The van der Waals surface area contributed by atoms with E-state index in [1.54, 1.807) is 25.6 Å². The molecule has 0 aliphatic rings. The van der Waals surface area contributed by atoms with Crippen LogP contribution in [0.2, 0.25) is 0 Å². The molecule has 7 nitrogen and oxygen atoms in total. The lowest BCUT2D eigenvalue weighted by molar-refractivity contribution is 0.600. The van der Waals surface area contributed by atoms with Gasteiger partial charge in [-0.1, -0.05) is 0 Å². The summed E-state index contributed by atoms with van der Waals surface area (Å²) in [5, 5.41) is 14.2. The van der Waals surface area contributed by atoms with Crippen molar-refractivity contribution in [1.29, 1.82) is 5.41 Å². The van der Waals surface area contributed by atoms with E-state index in [1.165, 1.54) is 0 Å². The van der Waals surface area contributed by atoms with Crippen LogP contribution < -0.4 is 10.6 Å². The highest BCUT2D eigenvalue weighted by molar-refractivity contribution is 6.21. The SMILES string of the molecule is CN/C=C(\C(C)=N)c1cnc2ccc(Nc3cn(C(C)C)cn3)nc2c1. The van der Waals surface area contributed by atoms with Crippen LogP contribution in [0.25, 0.3) is 16.6 Å². The van der Waals surface area contributed by atoms with Gasteiger partial charge in [-0.05, 0) is 39.0 Å². The molecule has 3 heterocycles. The van der Waals surface area contributed by atoms with Gasteiger partial charge in [-0.15, -0.1) is 0 Å². The molecule has 3 N–H and O–H groups in total. The number of fused-ring (bicyclic) bond motifs is 1. The van der Waals surface area contributed by atoms with Crippen LogP contribution >= 0.6 is 0 Å². The molecule has 3 aromatic heterocycles. The van der Waals surface area contributed by atoms with E-state index in [0.29, 0.717) is 17.6 Å². The van der Waals surface area contributed by atoms with E-state index in [2.05, 4.69) is 39.4 Å². The van der Waals surface area contributed by atoms with Crippen LogP contribution in [0, 0.1) is 5.41 Å². The van der Waals surface area contributed by atoms with Crippen molar-refractivity contribution in [1.82, 2.24) is 24.8 Å². The second-order valence-corrected chi connectivity index (χ2v) is 6.36. The van der Waals surface area contributed by atoms with Gasteiger partial charge in [0.25, 0.3) is 0 Å². The molecule has 0 atom stereocenters. The Morgan fingerprint density at radius 1 is 1.19 bits per heavy atom. The monoisotopic (exact) mass is 349 g/mol. The molecule has 0 bridgehead atoms. The maximum atomic E-state index is 7.95. The fourth-order valence-corrected chi connectivity index (χ4v) is 2.59. The summed E-state index contributed by atoms with van der Waals surface area (Å²) in [5.41, 5.74) is 3.68. The lowest BCUT2D eigenvalue weighted by atomic mass is 10.0. The maximum Gasteiger partial charge on any atom is 0.149 e. The zero-order valence-corrected chi connectivity index (χ0v) is 15.4. The van der Waals surface area contributed by atoms with Crippen molar-refractivity contribution < 1.29 is 0 Å². The number of pyridine rings is 2. The van der Waals surface area contributed by atoms with Gasteiger partial charge < -0.3 is 20.6 Å². The average molecular weight is 349 g/mol. The number of anilines is 2. The number of imidazole rings is 1. The van der Waals surface area contributed by atoms with E-state index < -0.39 is 0 Å². The first-order valence-electron chi connectivity index (χ1n) is 8.48. The van der Waals surface area contributed by atoms with Crippen LogP contribution in [0.1, 0.15) is 32.4 Å². The van der Waals surface area contributed by atoms with Crippen molar-refractivity contribution in [3.8, 4) is 0 Å². The summed E-state index contributed by atoms with van der Waals surface area (Å²) < 4.78 is 2.03. The highest BCUT2D eigenvalue weighted by atomic mass is 15.1. The van der Waals surface area contributed by atoms with Crippen LogP contribution in [-0.4, -0.2) is 32.3 Å². The lowest BCUT2D eigenvalue weighted by Gasteiger charge is -2.08. The molecule has 3 rings (SSSR count). The molecular weight excluding hydrogens is 326 g/mol. The highest BCUT2D eigenvalue weighted by Crippen LogP contribution is 2.21. The molecule has 26 heavy (non-hydrogen) atoms. The second-order valence-electron chi connectivity index (χ2n) is 6.36. The Morgan fingerprint density at radius 2 is 2.00 bits per heavy atom. The molecule has 0 amide bonds. The van der Waals surface area contributed by atoms with Crippen molar-refractivity contribution in [3.05, 3.63) is 48.7 Å². The standard InChI is InChI=1S/C19H23N7/c1-12(2)26-10-19(23-11-26)25-18-6-5-16-17(24-18)7-14(8-22-16)15(9-21-4)13(3)20/h5-12,20-21H,1-4H3,(H,24,25)/b15-9+,20-13?. The van der Waals surface area contributed by atoms with Crippen LogP contribution in [-0.2, 0) is 0 Å². The summed E-state index contributed by atoms with van der Waals surface area (Å²) in [6.45, 7) is 5.97. The van der Waals surface area contributed by atoms with Crippen molar-refractivity contribution in [3.63, 3.8) is 0 Å². The smallest absolute Gasteiger partial charge is 0.149 e. The number of nitrogens with one attached hydrogen (secondary N) is 3. The molecule has 7 heteroatoms. The van der Waals surface area contributed by atoms with E-state index in [0.717, 1.165) is 28.0 Å². The molecule has 0 saturated heterocycles. The minimum atomic E-state index is 0.358. The largest absolute Gasteiger partial charge is 0.393 e. The molecular formula is C19H23N7. The summed E-state index contributed by atoms with van der Waals surface area (Å²) in [5.74, 6) is 1.46. The number of nitrogens with zero attached hydrogens (tertiary/aromatic N) is 4. The molecule has 0 radical (unpaired) electrons. The zero-order valence-electron chi connectivity index (χ0n) is 15.4. The summed E-state index contributed by atoms with van der Waals surface area (Å²) in [7, 11) is 1.81. The molecule has 0 aliphatic carbocycles. The van der Waals surface area contributed by atoms with Gasteiger partial charge in [0.05, 0.1) is 17.4 Å². The van der Waals surface area contributed by atoms with Crippen molar-refractivity contribution in [2.24, 2.45) is 0 Å². The quantitative estimate of drug-likeness (QED) is 0.590. The van der Waals surface area contributed by atoms with Gasteiger partial charge in [-0.2, -0.15) is 0 Å². The van der Waals surface area contributed by atoms with E-state index >= 15 is 0 Å². The average Bonchev–Trinajstić information content (AvgIpc) is 3.07. The number of allylic oxidation sites excluding steroid dienone is 1. The van der Waals surface area contributed by atoms with Crippen molar-refractivity contribution in [2.75, 3.05) is 12.4 Å². The Hall–Kier alpha value is -3.22. The number of hydrogen-bond acceptors (Lipinski definition) is 6. The molecule has 134 valence electrons. The lowest BCUT2D eigenvalue weighted by Crippen LogP contribution is -2.03. The fraction of sp³-hybridized carbons (Fsp3) is 0.263. The second kappa shape index (κ2) is 7.35. The molecule has 0 aromatic carbocycles. The first-order chi connectivity index (χ1) is 12.5. The highest BCUT2D eigenvalue weighted by Gasteiger charge is 2.08. The van der Waals surface area contributed by atoms with Gasteiger partial charge in [-0.3, -0.25) is 4.98 Å². The summed E-state index contributed by atoms with van der Waals surface area (Å²) >= 11 is 0. The van der Waals surface area contributed by atoms with E-state index in [9.17, 15) is 0 Å². The molecule has 0 saturated carbocycles. The molecule has 0 unspecified atom stereocenters. The van der Waals surface area contributed by atoms with Crippen LogP contribution in [0.3, 0.4) is 0 Å². The number of aromatic nitrogens is 4. The summed E-state index contributed by atoms with van der Waals surface area (Å²) in [6.07, 6.45) is 7.32. The van der Waals surface area contributed by atoms with Gasteiger partial charge >= 0.3 is 0 Å².